The van der Waals surface area contributed by atoms with Crippen LogP contribution in [0.15, 0.2) is 0 Å². The molecule has 0 aliphatic heterocycles. The average molecular weight is 198 g/mol. The molecular formula is C6H18N2O5. The molecular weight excluding hydrogens is 180 g/mol. The number of hydrogen-bond donors (Lipinski definition) is 4. The molecule has 0 spiro atoms. The molecule has 0 aromatic carbocycles. The average Bonchev–Trinajstić information content (AvgIpc) is 2.03. The Bertz CT molecular complexity index is 81.1. The van der Waals surface area contributed by atoms with Crippen LogP contribution in [0.5, 0.6) is 0 Å². The fraction of sp³-hybridized carbons (Fsp3) is 1.00. The molecule has 0 heterocycles. The Kier molecular flexibility index (Phi) is 13.7. The maximum atomic E-state index is 7.62. The predicted octanol–water partition coefficient (Wildman–Crippen LogP) is -1.55. The van der Waals surface area contributed by atoms with Gasteiger partial charge in [0.15, 0.2) is 0 Å². The lowest BCUT2D eigenvalue weighted by molar-refractivity contribution is -0.535. The third kappa shape index (κ3) is 24.5. The van der Waals surface area contributed by atoms with Gasteiger partial charge in [0.25, 0.3) is 0 Å². The first-order valence-corrected chi connectivity index (χ1v) is 3.76. The van der Waals surface area contributed by atoms with Crippen LogP contribution in [0.4, 0.5) is 0 Å². The van der Waals surface area contributed by atoms with Crippen molar-refractivity contribution in [2.45, 2.75) is 26.3 Å². The molecule has 0 bridgehead atoms. The van der Waals surface area contributed by atoms with Gasteiger partial charge in [-0.15, -0.1) is 0 Å². The first kappa shape index (κ1) is 15.2. The van der Waals surface area contributed by atoms with Gasteiger partial charge in [-0.3, -0.25) is 0 Å². The van der Waals surface area contributed by atoms with Crippen molar-refractivity contribution in [1.29, 1.82) is 0 Å². The fourth-order valence-electron chi connectivity index (χ4n) is 0.147. The van der Waals surface area contributed by atoms with Crippen LogP contribution >= 0.6 is 0 Å². The molecule has 0 saturated carbocycles. The lowest BCUT2D eigenvalue weighted by atomic mass is 10.7. The maximum absolute atomic E-state index is 7.62. The van der Waals surface area contributed by atoms with Crippen LogP contribution in [-0.4, -0.2) is 35.9 Å². The van der Waals surface area contributed by atoms with Gasteiger partial charge in [0.2, 0.25) is 0 Å². The van der Waals surface area contributed by atoms with E-state index in [4.69, 9.17) is 21.7 Å². The van der Waals surface area contributed by atoms with E-state index in [-0.39, 0.29) is 13.2 Å². The van der Waals surface area contributed by atoms with Crippen molar-refractivity contribution in [3.8, 4) is 0 Å². The zero-order valence-corrected chi connectivity index (χ0v) is 7.84. The van der Waals surface area contributed by atoms with Crippen LogP contribution in [0.3, 0.4) is 0 Å². The van der Waals surface area contributed by atoms with Crippen LogP contribution in [0.25, 0.3) is 0 Å². The molecule has 0 amide bonds. The highest BCUT2D eigenvalue weighted by molar-refractivity contribution is 4.23. The SMILES string of the molecule is CC(N)OOOC(C)N.OCCO. The van der Waals surface area contributed by atoms with Gasteiger partial charge in [-0.05, 0) is 13.8 Å². The largest absolute Gasteiger partial charge is 0.394 e. The molecule has 0 aromatic heterocycles. The highest BCUT2D eigenvalue weighted by atomic mass is 17.5. The molecule has 82 valence electrons. The van der Waals surface area contributed by atoms with Crippen LogP contribution in [0.1, 0.15) is 13.8 Å². The van der Waals surface area contributed by atoms with Crippen molar-refractivity contribution in [3.05, 3.63) is 0 Å². The summed E-state index contributed by atoms with van der Waals surface area (Å²) in [7, 11) is 0. The Hall–Kier alpha value is -0.280. The molecule has 0 aliphatic rings. The standard InChI is InChI=1S/C4H12N2O3.C2H6O2/c1-3(5)7-9-8-4(2)6;3-1-2-4/h3-4H,5-6H2,1-2H3;3-4H,1-2H2. The van der Waals surface area contributed by atoms with E-state index in [2.05, 4.69) is 14.8 Å². The second kappa shape index (κ2) is 11.7. The molecule has 0 aromatic rings. The Morgan fingerprint density at radius 1 is 1.00 bits per heavy atom. The molecule has 7 nitrogen and oxygen atoms in total. The van der Waals surface area contributed by atoms with Crippen molar-refractivity contribution in [1.82, 2.24) is 0 Å². The van der Waals surface area contributed by atoms with Crippen LogP contribution in [-0.2, 0) is 14.8 Å². The number of nitrogens with two attached hydrogens (primary N) is 2. The van der Waals surface area contributed by atoms with E-state index in [1.165, 1.54) is 0 Å². The van der Waals surface area contributed by atoms with Gasteiger partial charge in [0.05, 0.1) is 13.2 Å². The van der Waals surface area contributed by atoms with Gasteiger partial charge < -0.3 is 21.7 Å². The van der Waals surface area contributed by atoms with Gasteiger partial charge in [-0.1, -0.05) is 5.04 Å². The van der Waals surface area contributed by atoms with Gasteiger partial charge in [-0.2, -0.15) is 9.78 Å². The summed E-state index contributed by atoms with van der Waals surface area (Å²) in [5, 5.41) is 19.4. The zero-order valence-electron chi connectivity index (χ0n) is 7.84. The second-order valence-corrected chi connectivity index (χ2v) is 2.12. The molecule has 2 unspecified atom stereocenters. The summed E-state index contributed by atoms with van der Waals surface area (Å²) in [5.74, 6) is 0. The monoisotopic (exact) mass is 198 g/mol. The molecule has 6 N–H and O–H groups in total. The number of aliphatic hydroxyl groups is 2. The lowest BCUT2D eigenvalue weighted by Crippen LogP contribution is -2.24. The van der Waals surface area contributed by atoms with Crippen LogP contribution < -0.4 is 11.5 Å². The summed E-state index contributed by atoms with van der Waals surface area (Å²) in [5.41, 5.74) is 10.2. The van der Waals surface area contributed by atoms with Crippen LogP contribution in [0.2, 0.25) is 0 Å². The lowest BCUT2D eigenvalue weighted by Gasteiger charge is -2.06. The summed E-state index contributed by atoms with van der Waals surface area (Å²) in [6.07, 6.45) is -1.02. The number of rotatable bonds is 5. The van der Waals surface area contributed by atoms with E-state index in [0.29, 0.717) is 0 Å². The smallest absolute Gasteiger partial charge is 0.141 e. The van der Waals surface area contributed by atoms with E-state index >= 15 is 0 Å². The first-order chi connectivity index (χ1) is 6.04. The van der Waals surface area contributed by atoms with E-state index in [1.807, 2.05) is 0 Å². The molecule has 0 radical (unpaired) electrons. The van der Waals surface area contributed by atoms with Crippen molar-refractivity contribution in [2.24, 2.45) is 11.5 Å². The quantitative estimate of drug-likeness (QED) is 0.240. The Morgan fingerprint density at radius 2 is 1.31 bits per heavy atom. The summed E-state index contributed by atoms with van der Waals surface area (Å²) < 4.78 is 0. The highest BCUT2D eigenvalue weighted by Gasteiger charge is 1.96. The minimum atomic E-state index is -0.510. The molecule has 7 heteroatoms. The Labute approximate surface area is 77.0 Å². The van der Waals surface area contributed by atoms with Gasteiger partial charge in [-0.25, -0.2) is 0 Å². The topological polar surface area (TPSA) is 120 Å². The number of hydrogen-bond acceptors (Lipinski definition) is 7. The van der Waals surface area contributed by atoms with E-state index in [1.54, 1.807) is 13.8 Å². The third-order valence-corrected chi connectivity index (χ3v) is 0.482. The minimum Gasteiger partial charge on any atom is -0.394 e. The minimum absolute atomic E-state index is 0.125. The summed E-state index contributed by atoms with van der Waals surface area (Å²) in [4.78, 5) is 8.66. The fourth-order valence-corrected chi connectivity index (χ4v) is 0.147. The normalized spacial score (nSPS) is 14.3. The highest BCUT2D eigenvalue weighted by Crippen LogP contribution is 1.86. The number of aliphatic hydroxyl groups excluding tert-OH is 2. The van der Waals surface area contributed by atoms with Crippen molar-refractivity contribution >= 4 is 0 Å². The molecule has 13 heavy (non-hydrogen) atoms. The molecule has 0 aliphatic carbocycles. The molecule has 0 rings (SSSR count). The predicted molar refractivity (Wildman–Crippen MR) is 44.7 cm³/mol. The van der Waals surface area contributed by atoms with Crippen LogP contribution in [0, 0.1) is 0 Å². The summed E-state index contributed by atoms with van der Waals surface area (Å²) in [6, 6.07) is 0. The van der Waals surface area contributed by atoms with Gasteiger partial charge in [0.1, 0.15) is 12.5 Å². The first-order valence-electron chi connectivity index (χ1n) is 3.76. The third-order valence-electron chi connectivity index (χ3n) is 0.482. The van der Waals surface area contributed by atoms with E-state index in [0.717, 1.165) is 0 Å². The maximum Gasteiger partial charge on any atom is 0.141 e. The summed E-state index contributed by atoms with van der Waals surface area (Å²) in [6.45, 7) is 2.95. The molecule has 0 fully saturated rings. The van der Waals surface area contributed by atoms with Gasteiger partial charge in [0, 0.05) is 0 Å². The van der Waals surface area contributed by atoms with Gasteiger partial charge >= 0.3 is 0 Å². The van der Waals surface area contributed by atoms with E-state index < -0.39 is 12.5 Å². The van der Waals surface area contributed by atoms with Crippen molar-refractivity contribution in [3.63, 3.8) is 0 Å². The molecule has 2 atom stereocenters. The summed E-state index contributed by atoms with van der Waals surface area (Å²) >= 11 is 0. The Balaban J connectivity index is 0. The second-order valence-electron chi connectivity index (χ2n) is 2.12. The van der Waals surface area contributed by atoms with Crippen molar-refractivity contribution < 1.29 is 25.0 Å². The molecule has 0 saturated heterocycles. The van der Waals surface area contributed by atoms with E-state index in [9.17, 15) is 0 Å². The Morgan fingerprint density at radius 3 is 1.46 bits per heavy atom. The van der Waals surface area contributed by atoms with Crippen molar-refractivity contribution in [2.75, 3.05) is 13.2 Å². The zero-order chi connectivity index (χ0) is 10.7.